The maximum absolute atomic E-state index is 5.27. The molecule has 0 unspecified atom stereocenters. The zero-order chi connectivity index (χ0) is 14.7. The molecule has 0 aliphatic heterocycles. The van der Waals surface area contributed by atoms with E-state index in [1.165, 1.54) is 25.7 Å². The van der Waals surface area contributed by atoms with Crippen LogP contribution in [-0.4, -0.2) is 24.6 Å². The Balaban J connectivity index is -0.000000256. The summed E-state index contributed by atoms with van der Waals surface area (Å²) >= 11 is 21.1. The zero-order valence-electron chi connectivity index (χ0n) is 12.9. The molecule has 0 nitrogen and oxygen atoms in total. The molecule has 0 heterocycles. The minimum Gasteiger partial charge on any atom is -0.746 e. The molecule has 0 aliphatic carbocycles. The Bertz CT molecular complexity index is 237. The molecule has 0 aliphatic rings. The average Bonchev–Trinajstić information content (AvgIpc) is 2.17. The van der Waals surface area contributed by atoms with Crippen molar-refractivity contribution in [1.29, 1.82) is 0 Å². The molecule has 0 saturated carbocycles. The molecule has 0 atom stereocenters. The van der Waals surface area contributed by atoms with Gasteiger partial charge in [-0.05, 0) is 24.6 Å². The van der Waals surface area contributed by atoms with Crippen LogP contribution in [0.2, 0.25) is 0 Å². The van der Waals surface area contributed by atoms with Crippen molar-refractivity contribution < 1.29 is 19.5 Å². The summed E-state index contributed by atoms with van der Waals surface area (Å²) in [5.41, 5.74) is 0. The van der Waals surface area contributed by atoms with Crippen LogP contribution in [0.5, 0.6) is 0 Å². The van der Waals surface area contributed by atoms with Gasteiger partial charge in [0, 0.05) is 0 Å². The van der Waals surface area contributed by atoms with E-state index in [0.717, 1.165) is 24.6 Å². The Kier molecular flexibility index (Phi) is 21.7. The molecule has 7 heteroatoms. The van der Waals surface area contributed by atoms with Crippen LogP contribution in [0.25, 0.3) is 0 Å². The Labute approximate surface area is 155 Å². The van der Waals surface area contributed by atoms with Gasteiger partial charge in [0.1, 0.15) is 0 Å². The Hall–Kier alpha value is 2.62. The minimum absolute atomic E-state index is 0. The maximum atomic E-state index is 5.27. The van der Waals surface area contributed by atoms with Gasteiger partial charge in [-0.25, -0.2) is 0 Å². The van der Waals surface area contributed by atoms with Gasteiger partial charge < -0.3 is 24.5 Å². The largest absolute Gasteiger partial charge is 2.00 e. The SMILES string of the molecule is CCCP(=S)([S-])CCC.CCCP(=S)([S-])CCC.[Zn+2]. The van der Waals surface area contributed by atoms with Gasteiger partial charge in [0.15, 0.2) is 0 Å². The average molecular weight is 428 g/mol. The van der Waals surface area contributed by atoms with Crippen molar-refractivity contribution in [3.8, 4) is 0 Å². The van der Waals surface area contributed by atoms with E-state index < -0.39 is 10.5 Å². The quantitative estimate of drug-likeness (QED) is 0.285. The van der Waals surface area contributed by atoms with Crippen LogP contribution in [0.15, 0.2) is 0 Å². The predicted molar refractivity (Wildman–Crippen MR) is 104 cm³/mol. The van der Waals surface area contributed by atoms with E-state index in [4.69, 9.17) is 48.1 Å². The first kappa shape index (κ1) is 26.5. The molecular weight excluding hydrogens is 400 g/mol. The van der Waals surface area contributed by atoms with Crippen LogP contribution in [-0.2, 0) is 67.6 Å². The first-order valence-electron chi connectivity index (χ1n) is 6.82. The summed E-state index contributed by atoms with van der Waals surface area (Å²) in [5.74, 6) is 0. The van der Waals surface area contributed by atoms with Gasteiger partial charge in [-0.15, -0.1) is 23.6 Å². The molecule has 0 bridgehead atoms. The van der Waals surface area contributed by atoms with Crippen LogP contribution < -0.4 is 0 Å². The third-order valence-electron chi connectivity index (χ3n) is 2.26. The molecule has 0 spiro atoms. The molecule has 0 rings (SSSR count). The first-order valence-corrected chi connectivity index (χ1v) is 15.2. The molecular formula is C12H28P2S4Zn. The van der Waals surface area contributed by atoms with Crippen molar-refractivity contribution in [3.63, 3.8) is 0 Å². The molecule has 0 aromatic rings. The van der Waals surface area contributed by atoms with E-state index in [2.05, 4.69) is 27.7 Å². The molecule has 0 aromatic heterocycles. The second kappa shape index (κ2) is 15.5. The van der Waals surface area contributed by atoms with Crippen LogP contribution >= 0.6 is 10.5 Å². The Morgan fingerprint density at radius 2 is 0.789 bits per heavy atom. The van der Waals surface area contributed by atoms with Gasteiger partial charge in [0.05, 0.1) is 0 Å². The second-order valence-corrected chi connectivity index (χ2v) is 19.3. The van der Waals surface area contributed by atoms with E-state index in [-0.39, 0.29) is 19.5 Å². The Morgan fingerprint density at radius 3 is 0.895 bits per heavy atom. The van der Waals surface area contributed by atoms with Gasteiger partial charge in [-0.3, -0.25) is 0 Å². The fourth-order valence-electron chi connectivity index (χ4n) is 1.59. The van der Waals surface area contributed by atoms with Gasteiger partial charge in [-0.1, -0.05) is 53.4 Å². The van der Waals surface area contributed by atoms with Gasteiger partial charge in [0.25, 0.3) is 0 Å². The van der Waals surface area contributed by atoms with Crippen LogP contribution in [0.1, 0.15) is 53.4 Å². The van der Waals surface area contributed by atoms with Gasteiger partial charge in [0.2, 0.25) is 0 Å². The molecule has 0 N–H and O–H groups in total. The topological polar surface area (TPSA) is 0 Å². The van der Waals surface area contributed by atoms with Gasteiger partial charge in [-0.2, -0.15) is 10.5 Å². The van der Waals surface area contributed by atoms with Gasteiger partial charge >= 0.3 is 19.5 Å². The standard InChI is InChI=1S/2C6H15PS2.Zn/c2*1-3-5-7(8,9)6-4-2;/h2*3-6H2,1-2H3,(H,8,9);/q;;+2/p-2. The molecule has 0 saturated heterocycles. The minimum atomic E-state index is -1.28. The fourth-order valence-corrected chi connectivity index (χ4v) is 9.14. The second-order valence-electron chi connectivity index (χ2n) is 4.52. The fraction of sp³-hybridized carbons (Fsp3) is 1.00. The smallest absolute Gasteiger partial charge is 0.746 e. The molecule has 19 heavy (non-hydrogen) atoms. The van der Waals surface area contributed by atoms with E-state index in [9.17, 15) is 0 Å². The van der Waals surface area contributed by atoms with Crippen molar-refractivity contribution in [2.24, 2.45) is 0 Å². The van der Waals surface area contributed by atoms with E-state index in [0.29, 0.717) is 0 Å². The van der Waals surface area contributed by atoms with Crippen molar-refractivity contribution in [2.75, 3.05) is 24.6 Å². The molecule has 0 radical (unpaired) electrons. The number of hydrogen-bond acceptors (Lipinski definition) is 4. The number of rotatable bonds is 8. The van der Waals surface area contributed by atoms with Crippen LogP contribution in [0.3, 0.4) is 0 Å². The monoisotopic (exact) mass is 426 g/mol. The summed E-state index contributed by atoms with van der Waals surface area (Å²) < 4.78 is 0. The zero-order valence-corrected chi connectivity index (χ0v) is 20.9. The maximum Gasteiger partial charge on any atom is 2.00 e. The van der Waals surface area contributed by atoms with E-state index in [1.54, 1.807) is 0 Å². The summed E-state index contributed by atoms with van der Waals surface area (Å²) in [7, 11) is 0. The summed E-state index contributed by atoms with van der Waals surface area (Å²) in [6.07, 6.45) is 9.14. The molecule has 112 valence electrons. The number of hydrogen-bond donors (Lipinski definition) is 0. The molecule has 0 aromatic carbocycles. The normalized spacial score (nSPS) is 11.3. The third kappa shape index (κ3) is 20.6. The first-order chi connectivity index (χ1) is 8.24. The van der Waals surface area contributed by atoms with E-state index >= 15 is 0 Å². The van der Waals surface area contributed by atoms with E-state index in [1.807, 2.05) is 0 Å². The molecule has 0 fully saturated rings. The van der Waals surface area contributed by atoms with Crippen LogP contribution in [0.4, 0.5) is 0 Å². The predicted octanol–water partition coefficient (Wildman–Crippen LogP) is 5.49. The molecule has 0 amide bonds. The summed E-state index contributed by atoms with van der Waals surface area (Å²) in [6.45, 7) is 8.62. The van der Waals surface area contributed by atoms with Crippen molar-refractivity contribution >= 4 is 58.6 Å². The van der Waals surface area contributed by atoms with Crippen molar-refractivity contribution in [1.82, 2.24) is 0 Å². The Morgan fingerprint density at radius 1 is 0.632 bits per heavy atom. The third-order valence-corrected chi connectivity index (χ3v) is 11.2. The summed E-state index contributed by atoms with van der Waals surface area (Å²) in [4.78, 5) is 0. The van der Waals surface area contributed by atoms with Crippen molar-refractivity contribution in [3.05, 3.63) is 0 Å². The van der Waals surface area contributed by atoms with Crippen molar-refractivity contribution in [2.45, 2.75) is 53.4 Å². The summed E-state index contributed by atoms with van der Waals surface area (Å²) in [6, 6.07) is 0. The van der Waals surface area contributed by atoms with Crippen LogP contribution in [0, 0.1) is 0 Å². The summed E-state index contributed by atoms with van der Waals surface area (Å²) in [5, 5.41) is -2.55.